The van der Waals surface area contributed by atoms with E-state index in [4.69, 9.17) is 4.99 Å². The first-order chi connectivity index (χ1) is 14.4. The molecule has 4 aromatic carbocycles. The molecule has 1 heteroatoms. The van der Waals surface area contributed by atoms with Crippen molar-refractivity contribution in [3.63, 3.8) is 0 Å². The minimum Gasteiger partial charge on any atom is -0.279 e. The van der Waals surface area contributed by atoms with E-state index >= 15 is 0 Å². The van der Waals surface area contributed by atoms with Crippen LogP contribution in [0.5, 0.6) is 0 Å². The van der Waals surface area contributed by atoms with Crippen molar-refractivity contribution in [1.82, 2.24) is 0 Å². The summed E-state index contributed by atoms with van der Waals surface area (Å²) >= 11 is 0. The molecule has 0 N–H and O–H groups in total. The van der Waals surface area contributed by atoms with Crippen molar-refractivity contribution in [1.29, 1.82) is 0 Å². The topological polar surface area (TPSA) is 12.4 Å². The van der Waals surface area contributed by atoms with Gasteiger partial charge in [-0.05, 0) is 27.8 Å². The molecule has 0 aromatic heterocycles. The van der Waals surface area contributed by atoms with Crippen LogP contribution in [0, 0.1) is 0 Å². The molecule has 29 heavy (non-hydrogen) atoms. The van der Waals surface area contributed by atoms with Gasteiger partial charge in [-0.2, -0.15) is 0 Å². The second kappa shape index (κ2) is 7.73. The van der Waals surface area contributed by atoms with Crippen molar-refractivity contribution >= 4 is 16.9 Å². The van der Waals surface area contributed by atoms with E-state index in [1.807, 2.05) is 0 Å². The summed E-state index contributed by atoms with van der Waals surface area (Å²) in [7, 11) is 0. The van der Waals surface area contributed by atoms with Gasteiger partial charge in [-0.15, -0.1) is 0 Å². The largest absolute Gasteiger partial charge is 0.279 e. The van der Waals surface area contributed by atoms with E-state index in [0.29, 0.717) is 6.54 Å². The van der Waals surface area contributed by atoms with Crippen LogP contribution < -0.4 is 0 Å². The Bertz CT molecular complexity index is 1190. The smallest absolute Gasteiger partial charge is 0.0729 e. The number of aliphatic imine (C=N–C) groups is 1. The quantitative estimate of drug-likeness (QED) is 0.390. The van der Waals surface area contributed by atoms with Gasteiger partial charge in [-0.25, -0.2) is 0 Å². The van der Waals surface area contributed by atoms with Crippen molar-refractivity contribution in [3.05, 3.63) is 143 Å². The average molecular weight is 371 g/mol. The Morgan fingerprint density at radius 2 is 0.931 bits per heavy atom. The zero-order valence-electron chi connectivity index (χ0n) is 16.1. The van der Waals surface area contributed by atoms with Crippen LogP contribution in [0.4, 0.5) is 0 Å². The lowest BCUT2D eigenvalue weighted by atomic mass is 9.86. The first kappa shape index (κ1) is 17.4. The minimum absolute atomic E-state index is 0.646. The normalized spacial score (nSPS) is 13.4. The van der Waals surface area contributed by atoms with E-state index < -0.39 is 0 Å². The summed E-state index contributed by atoms with van der Waals surface area (Å²) < 4.78 is 0. The Kier molecular flexibility index (Phi) is 4.63. The molecular formula is C28H21N. The van der Waals surface area contributed by atoms with Gasteiger partial charge < -0.3 is 0 Å². The van der Waals surface area contributed by atoms with Crippen LogP contribution in [0.1, 0.15) is 27.8 Å². The van der Waals surface area contributed by atoms with Crippen LogP contribution in [0.25, 0.3) is 11.1 Å². The number of benzene rings is 4. The predicted molar refractivity (Wildman–Crippen MR) is 122 cm³/mol. The van der Waals surface area contributed by atoms with E-state index in [9.17, 15) is 0 Å². The fourth-order valence-electron chi connectivity index (χ4n) is 4.04. The van der Waals surface area contributed by atoms with Crippen LogP contribution >= 0.6 is 0 Å². The van der Waals surface area contributed by atoms with Gasteiger partial charge in [-0.1, -0.05) is 115 Å². The molecule has 0 fully saturated rings. The summed E-state index contributed by atoms with van der Waals surface area (Å²) in [5.41, 5.74) is 9.60. The van der Waals surface area contributed by atoms with Crippen molar-refractivity contribution in [3.8, 4) is 0 Å². The number of rotatable bonds is 3. The summed E-state index contributed by atoms with van der Waals surface area (Å²) in [6, 6.07) is 40.5. The molecule has 138 valence electrons. The Hall–Kier alpha value is -3.71. The van der Waals surface area contributed by atoms with Gasteiger partial charge in [0.2, 0.25) is 0 Å². The maximum Gasteiger partial charge on any atom is 0.0729 e. The molecule has 0 bridgehead atoms. The number of hydrogen-bond acceptors (Lipinski definition) is 1. The molecule has 1 aliphatic heterocycles. The fourth-order valence-corrected chi connectivity index (χ4v) is 4.04. The Morgan fingerprint density at radius 3 is 1.55 bits per heavy atom. The molecule has 5 rings (SSSR count). The average Bonchev–Trinajstić information content (AvgIpc) is 2.98. The van der Waals surface area contributed by atoms with Crippen LogP contribution in [-0.2, 0) is 0 Å². The van der Waals surface area contributed by atoms with Crippen molar-refractivity contribution < 1.29 is 0 Å². The maximum atomic E-state index is 5.13. The third-order valence-corrected chi connectivity index (χ3v) is 5.38. The van der Waals surface area contributed by atoms with Gasteiger partial charge in [0, 0.05) is 11.1 Å². The summed E-state index contributed by atoms with van der Waals surface area (Å²) in [4.78, 5) is 5.13. The molecule has 0 saturated heterocycles. The van der Waals surface area contributed by atoms with Crippen LogP contribution in [-0.4, -0.2) is 12.3 Å². The molecule has 1 aliphatic rings. The van der Waals surface area contributed by atoms with E-state index in [2.05, 4.69) is 115 Å². The standard InChI is InChI=1S/C28H21N/c1-4-12-21(13-5-1)26-20-29-28(23-16-8-3-9-17-23)25-19-11-10-18-24(25)27(26)22-14-6-2-7-15-22/h1-19H,20H2. The third kappa shape index (κ3) is 3.32. The lowest BCUT2D eigenvalue weighted by molar-refractivity contribution is 1.26. The Labute approximate surface area is 171 Å². The Morgan fingerprint density at radius 1 is 0.448 bits per heavy atom. The summed E-state index contributed by atoms with van der Waals surface area (Å²) in [5.74, 6) is 0. The molecule has 4 aromatic rings. The lowest BCUT2D eigenvalue weighted by Gasteiger charge is -2.16. The second-order valence-corrected chi connectivity index (χ2v) is 7.16. The highest BCUT2D eigenvalue weighted by Gasteiger charge is 2.22. The van der Waals surface area contributed by atoms with Gasteiger partial charge in [0.15, 0.2) is 0 Å². The van der Waals surface area contributed by atoms with Crippen molar-refractivity contribution in [2.24, 2.45) is 4.99 Å². The molecule has 0 saturated carbocycles. The fraction of sp³-hybridized carbons (Fsp3) is 0.0357. The van der Waals surface area contributed by atoms with E-state index in [0.717, 1.165) is 11.3 Å². The first-order valence-electron chi connectivity index (χ1n) is 9.95. The zero-order valence-corrected chi connectivity index (χ0v) is 16.1. The third-order valence-electron chi connectivity index (χ3n) is 5.38. The van der Waals surface area contributed by atoms with E-state index in [1.165, 1.54) is 33.4 Å². The SMILES string of the molecule is c1ccc(C2=NCC(c3ccccc3)=C(c3ccccc3)c3ccccc32)cc1. The van der Waals surface area contributed by atoms with E-state index in [-0.39, 0.29) is 0 Å². The molecule has 0 atom stereocenters. The number of hydrogen-bond donors (Lipinski definition) is 0. The van der Waals surface area contributed by atoms with Gasteiger partial charge in [0.1, 0.15) is 0 Å². The second-order valence-electron chi connectivity index (χ2n) is 7.16. The molecular weight excluding hydrogens is 350 g/mol. The first-order valence-corrected chi connectivity index (χ1v) is 9.95. The molecule has 0 amide bonds. The van der Waals surface area contributed by atoms with E-state index in [1.54, 1.807) is 0 Å². The van der Waals surface area contributed by atoms with Crippen LogP contribution in [0.3, 0.4) is 0 Å². The summed E-state index contributed by atoms with van der Waals surface area (Å²) in [6.07, 6.45) is 0. The predicted octanol–water partition coefficient (Wildman–Crippen LogP) is 6.50. The molecule has 0 aliphatic carbocycles. The Balaban J connectivity index is 1.81. The molecule has 0 spiro atoms. The zero-order chi connectivity index (χ0) is 19.5. The van der Waals surface area contributed by atoms with Crippen LogP contribution in [0.15, 0.2) is 120 Å². The summed E-state index contributed by atoms with van der Waals surface area (Å²) in [6.45, 7) is 0.646. The van der Waals surface area contributed by atoms with Gasteiger partial charge in [-0.3, -0.25) is 4.99 Å². The molecule has 0 unspecified atom stereocenters. The highest BCUT2D eigenvalue weighted by molar-refractivity contribution is 6.18. The van der Waals surface area contributed by atoms with Crippen LogP contribution in [0.2, 0.25) is 0 Å². The number of nitrogens with zero attached hydrogens (tertiary/aromatic N) is 1. The molecule has 0 radical (unpaired) electrons. The van der Waals surface area contributed by atoms with Crippen molar-refractivity contribution in [2.45, 2.75) is 0 Å². The molecule has 1 nitrogen and oxygen atoms in total. The minimum atomic E-state index is 0.646. The highest BCUT2D eigenvalue weighted by atomic mass is 14.7. The lowest BCUT2D eigenvalue weighted by Crippen LogP contribution is -2.06. The maximum absolute atomic E-state index is 5.13. The van der Waals surface area contributed by atoms with Gasteiger partial charge in [0.25, 0.3) is 0 Å². The molecule has 1 heterocycles. The monoisotopic (exact) mass is 371 g/mol. The van der Waals surface area contributed by atoms with Gasteiger partial charge in [0.05, 0.1) is 12.3 Å². The highest BCUT2D eigenvalue weighted by Crippen LogP contribution is 2.37. The van der Waals surface area contributed by atoms with Crippen molar-refractivity contribution in [2.75, 3.05) is 6.54 Å². The van der Waals surface area contributed by atoms with Gasteiger partial charge >= 0.3 is 0 Å². The number of fused-ring (bicyclic) bond motifs is 1. The summed E-state index contributed by atoms with van der Waals surface area (Å²) in [5, 5.41) is 0.